The van der Waals surface area contributed by atoms with Gasteiger partial charge in [-0.1, -0.05) is 0 Å². The fourth-order valence-electron chi connectivity index (χ4n) is 1.02. The molecular formula is C8H14SiTi. The first kappa shape index (κ1) is 8.51. The Morgan fingerprint density at radius 2 is 2.10 bits per heavy atom. The van der Waals surface area contributed by atoms with Crippen molar-refractivity contribution >= 4 is 5.94 Å². The Bertz CT molecular complexity index is 174. The Kier molecular flexibility index (Phi) is 2.73. The van der Waals surface area contributed by atoms with Gasteiger partial charge in [-0.3, -0.25) is 0 Å². The summed E-state index contributed by atoms with van der Waals surface area (Å²) in [4.78, 5) is 0. The molecule has 0 radical (unpaired) electrons. The molecule has 0 aromatic rings. The van der Waals surface area contributed by atoms with Crippen molar-refractivity contribution in [2.75, 3.05) is 0 Å². The molecule has 0 aliphatic heterocycles. The predicted molar refractivity (Wildman–Crippen MR) is 45.2 cm³/mol. The predicted octanol–water partition coefficient (Wildman–Crippen LogP) is 2.75. The van der Waals surface area contributed by atoms with Crippen LogP contribution >= 0.6 is 0 Å². The molecule has 1 aliphatic carbocycles. The van der Waals surface area contributed by atoms with Crippen molar-refractivity contribution < 1.29 is 18.4 Å². The summed E-state index contributed by atoms with van der Waals surface area (Å²) in [5.74, 6) is -0.706. The van der Waals surface area contributed by atoms with Crippen molar-refractivity contribution in [1.82, 2.24) is 0 Å². The molecule has 0 fully saturated rings. The van der Waals surface area contributed by atoms with Crippen molar-refractivity contribution in [3.8, 4) is 0 Å². The van der Waals surface area contributed by atoms with E-state index in [4.69, 9.17) is 0 Å². The summed E-state index contributed by atoms with van der Waals surface area (Å²) in [7, 11) is 0. The Morgan fingerprint density at radius 3 is 2.50 bits per heavy atom. The van der Waals surface area contributed by atoms with E-state index in [9.17, 15) is 0 Å². The van der Waals surface area contributed by atoms with Gasteiger partial charge in [0.25, 0.3) is 0 Å². The van der Waals surface area contributed by atoms with Gasteiger partial charge < -0.3 is 0 Å². The molecule has 0 heterocycles. The summed E-state index contributed by atoms with van der Waals surface area (Å²) in [5, 5.41) is 0. The van der Waals surface area contributed by atoms with Crippen LogP contribution in [-0.4, -0.2) is 5.94 Å². The second kappa shape index (κ2) is 3.21. The van der Waals surface area contributed by atoms with Gasteiger partial charge in [-0.2, -0.15) is 0 Å². The van der Waals surface area contributed by atoms with Crippen LogP contribution in [0.1, 0.15) is 6.42 Å². The van der Waals surface area contributed by atoms with E-state index >= 15 is 0 Å². The molecule has 2 heteroatoms. The molecule has 54 valence electrons. The molecule has 0 amide bonds. The molecule has 0 aromatic heterocycles. The summed E-state index contributed by atoms with van der Waals surface area (Å²) in [6.45, 7) is 7.44. The topological polar surface area (TPSA) is 0 Å². The molecule has 0 atom stereocenters. The molecule has 10 heavy (non-hydrogen) atoms. The molecular weight excluding hydrogens is 172 g/mol. The standard InChI is InChI=1S/C5H5.C3H9Si.Ti/c1-2-4-5-3-1;1-4(2)3;/h1-3H,4H2;1-3H3;. The minimum absolute atomic E-state index is 0.285. The van der Waals surface area contributed by atoms with Crippen LogP contribution in [0.15, 0.2) is 22.1 Å². The molecule has 0 saturated carbocycles. The van der Waals surface area contributed by atoms with E-state index in [1.165, 1.54) is 6.42 Å². The third-order valence-electron chi connectivity index (χ3n) is 1.31. The second-order valence-electron chi connectivity index (χ2n) is 3.70. The van der Waals surface area contributed by atoms with Crippen molar-refractivity contribution in [3.63, 3.8) is 0 Å². The van der Waals surface area contributed by atoms with Crippen LogP contribution in [0.2, 0.25) is 19.6 Å². The molecule has 0 aromatic carbocycles. The number of hydrogen-bond acceptors (Lipinski definition) is 0. The number of allylic oxidation sites excluding steroid dienone is 4. The van der Waals surface area contributed by atoms with E-state index in [-0.39, 0.29) is 18.4 Å². The van der Waals surface area contributed by atoms with Gasteiger partial charge in [-0.15, -0.1) is 0 Å². The fourth-order valence-corrected chi connectivity index (χ4v) is 7.89. The third kappa shape index (κ3) is 3.00. The van der Waals surface area contributed by atoms with Gasteiger partial charge in [-0.25, -0.2) is 0 Å². The fraction of sp³-hybridized carbons (Fsp3) is 0.500. The van der Waals surface area contributed by atoms with E-state index < -0.39 is 5.94 Å². The van der Waals surface area contributed by atoms with E-state index in [0.717, 1.165) is 0 Å². The van der Waals surface area contributed by atoms with Gasteiger partial charge in [0.2, 0.25) is 0 Å². The quantitative estimate of drug-likeness (QED) is 0.581. The summed E-state index contributed by atoms with van der Waals surface area (Å²) in [6, 6.07) is 0. The van der Waals surface area contributed by atoms with Gasteiger partial charge in [-0.05, 0) is 0 Å². The average molecular weight is 186 g/mol. The van der Waals surface area contributed by atoms with Crippen molar-refractivity contribution in [2.45, 2.75) is 26.1 Å². The number of rotatable bonds is 2. The second-order valence-corrected chi connectivity index (χ2v) is 17.7. The molecule has 0 unspecified atom stereocenters. The first-order chi connectivity index (χ1) is 4.58. The maximum absolute atomic E-state index is 2.48. The molecule has 0 bridgehead atoms. The van der Waals surface area contributed by atoms with Crippen LogP contribution < -0.4 is 0 Å². The monoisotopic (exact) mass is 186 g/mol. The van der Waals surface area contributed by atoms with Gasteiger partial charge in [0.05, 0.1) is 0 Å². The Labute approximate surface area is 72.5 Å². The van der Waals surface area contributed by atoms with Gasteiger partial charge in [0.1, 0.15) is 0 Å². The average Bonchev–Trinajstić information content (AvgIpc) is 2.12. The van der Waals surface area contributed by atoms with Crippen LogP contribution in [0, 0.1) is 0 Å². The van der Waals surface area contributed by atoms with E-state index in [1.54, 1.807) is 3.88 Å². The minimum atomic E-state index is -0.706. The molecule has 0 nitrogen and oxygen atoms in total. The first-order valence-electron chi connectivity index (χ1n) is 3.72. The number of hydrogen-bond donors (Lipinski definition) is 0. The van der Waals surface area contributed by atoms with Crippen LogP contribution in [-0.2, 0) is 18.4 Å². The summed E-state index contributed by atoms with van der Waals surface area (Å²) in [5.41, 5.74) is 0. The van der Waals surface area contributed by atoms with Gasteiger partial charge in [0.15, 0.2) is 0 Å². The summed E-state index contributed by atoms with van der Waals surface area (Å²) >= 11 is 0.285. The molecule has 1 rings (SSSR count). The van der Waals surface area contributed by atoms with Gasteiger partial charge in [0, 0.05) is 0 Å². The zero-order chi connectivity index (χ0) is 7.61. The van der Waals surface area contributed by atoms with Crippen LogP contribution in [0.4, 0.5) is 0 Å². The summed E-state index contributed by atoms with van der Waals surface area (Å²) < 4.78 is 1.76. The molecule has 0 N–H and O–H groups in total. The van der Waals surface area contributed by atoms with Crippen molar-refractivity contribution in [3.05, 3.63) is 22.1 Å². The Morgan fingerprint density at radius 1 is 1.40 bits per heavy atom. The Balaban J connectivity index is 2.41. The van der Waals surface area contributed by atoms with Crippen molar-refractivity contribution in [1.29, 1.82) is 0 Å². The van der Waals surface area contributed by atoms with Crippen LogP contribution in [0.5, 0.6) is 0 Å². The van der Waals surface area contributed by atoms with E-state index in [0.29, 0.717) is 0 Å². The normalized spacial score (nSPS) is 17.3. The third-order valence-corrected chi connectivity index (χ3v) is 7.97. The maximum atomic E-state index is 2.48. The Hall–Kier alpha value is 0.411. The van der Waals surface area contributed by atoms with Crippen molar-refractivity contribution in [2.24, 2.45) is 0 Å². The van der Waals surface area contributed by atoms with E-state index in [2.05, 4.69) is 37.9 Å². The summed E-state index contributed by atoms with van der Waals surface area (Å²) in [6.07, 6.45) is 8.08. The van der Waals surface area contributed by atoms with Crippen LogP contribution in [0.25, 0.3) is 0 Å². The molecule has 0 spiro atoms. The van der Waals surface area contributed by atoms with E-state index in [1.807, 2.05) is 0 Å². The van der Waals surface area contributed by atoms with Gasteiger partial charge >= 0.3 is 72.5 Å². The zero-order valence-electron chi connectivity index (χ0n) is 6.94. The van der Waals surface area contributed by atoms with Crippen LogP contribution in [0.3, 0.4) is 0 Å². The zero-order valence-corrected chi connectivity index (χ0v) is 9.50. The molecule has 1 aliphatic rings. The molecule has 0 saturated heterocycles. The SMILES string of the molecule is C[Si](C)(C)[Ti][C]1=CC=CC1. The first-order valence-corrected chi connectivity index (χ1v) is 10.3.